The van der Waals surface area contributed by atoms with Gasteiger partial charge in [0, 0.05) is 6.07 Å². The highest BCUT2D eigenvalue weighted by Crippen LogP contribution is 2.23. The second kappa shape index (κ2) is 1.85. The molecule has 0 saturated heterocycles. The minimum absolute atomic E-state index is 0.0467. The molecule has 1 aromatic carbocycles. The zero-order valence-corrected chi connectivity index (χ0v) is 4.66. The standard InChI is InChI=1S/C6H6NO2/c7-5-3-4(8)1-2-6(5)9/h1-3,9H,7H2. The van der Waals surface area contributed by atoms with E-state index in [0.29, 0.717) is 0 Å². The summed E-state index contributed by atoms with van der Waals surface area (Å²) in [4.78, 5) is 0. The van der Waals surface area contributed by atoms with Crippen molar-refractivity contribution < 1.29 is 10.2 Å². The van der Waals surface area contributed by atoms with E-state index < -0.39 is 0 Å². The van der Waals surface area contributed by atoms with Crippen LogP contribution in [0.2, 0.25) is 0 Å². The van der Waals surface area contributed by atoms with Crippen molar-refractivity contribution in [3.05, 3.63) is 18.2 Å². The normalized spacial score (nSPS) is 9.33. The van der Waals surface area contributed by atoms with Gasteiger partial charge in [-0.3, -0.25) is 5.11 Å². The number of nitrogen functional groups attached to an aromatic ring is 1. The largest absolute Gasteiger partial charge is 0.506 e. The molecule has 0 spiro atoms. The average Bonchev–Trinajstić information content (AvgIpc) is 1.80. The molecule has 3 heteroatoms. The Morgan fingerprint density at radius 1 is 1.44 bits per heavy atom. The first kappa shape index (κ1) is 5.75. The van der Waals surface area contributed by atoms with Crippen LogP contribution in [0.15, 0.2) is 18.2 Å². The van der Waals surface area contributed by atoms with Crippen molar-refractivity contribution in [1.29, 1.82) is 0 Å². The van der Waals surface area contributed by atoms with Crippen LogP contribution in [0.3, 0.4) is 0 Å². The average molecular weight is 124 g/mol. The van der Waals surface area contributed by atoms with Gasteiger partial charge in [-0.1, -0.05) is 0 Å². The lowest BCUT2D eigenvalue weighted by atomic mass is 10.3. The monoisotopic (exact) mass is 124 g/mol. The fourth-order valence-corrected chi connectivity index (χ4v) is 0.533. The predicted molar refractivity (Wildman–Crippen MR) is 32.7 cm³/mol. The summed E-state index contributed by atoms with van der Waals surface area (Å²) in [5.74, 6) is -0.236. The Labute approximate surface area is 52.4 Å². The van der Waals surface area contributed by atoms with Gasteiger partial charge in [-0.25, -0.2) is 0 Å². The highest BCUT2D eigenvalue weighted by molar-refractivity contribution is 5.54. The van der Waals surface area contributed by atoms with E-state index in [1.165, 1.54) is 18.2 Å². The lowest BCUT2D eigenvalue weighted by Crippen LogP contribution is -1.82. The number of aromatic hydroxyl groups is 1. The van der Waals surface area contributed by atoms with E-state index in [-0.39, 0.29) is 17.2 Å². The summed E-state index contributed by atoms with van der Waals surface area (Å²) < 4.78 is 0. The maximum Gasteiger partial charge on any atom is 0.180 e. The van der Waals surface area contributed by atoms with E-state index in [1.807, 2.05) is 0 Å². The van der Waals surface area contributed by atoms with Gasteiger partial charge in [0.15, 0.2) is 5.75 Å². The van der Waals surface area contributed by atoms with Crippen LogP contribution in [0.1, 0.15) is 0 Å². The van der Waals surface area contributed by atoms with Crippen LogP contribution in [0.5, 0.6) is 11.5 Å². The molecule has 3 N–H and O–H groups in total. The quantitative estimate of drug-likeness (QED) is 0.402. The van der Waals surface area contributed by atoms with Gasteiger partial charge in [-0.15, -0.1) is 0 Å². The number of phenols is 1. The summed E-state index contributed by atoms with van der Waals surface area (Å²) in [6, 6.07) is 3.71. The van der Waals surface area contributed by atoms with E-state index in [9.17, 15) is 5.11 Å². The van der Waals surface area contributed by atoms with Gasteiger partial charge in [0.1, 0.15) is 5.75 Å². The molecule has 0 fully saturated rings. The topological polar surface area (TPSA) is 66.2 Å². The highest BCUT2D eigenvalue weighted by atomic mass is 16.3. The zero-order chi connectivity index (χ0) is 6.85. The van der Waals surface area contributed by atoms with Crippen molar-refractivity contribution in [2.45, 2.75) is 0 Å². The van der Waals surface area contributed by atoms with Crippen LogP contribution in [0.4, 0.5) is 5.69 Å². The second-order valence-electron chi connectivity index (χ2n) is 1.72. The summed E-state index contributed by atoms with van der Waals surface area (Å²) in [7, 11) is 0. The lowest BCUT2D eigenvalue weighted by molar-refractivity contribution is 0.354. The molecule has 0 atom stereocenters. The molecule has 3 nitrogen and oxygen atoms in total. The molecule has 9 heavy (non-hydrogen) atoms. The Morgan fingerprint density at radius 3 is 2.56 bits per heavy atom. The van der Waals surface area contributed by atoms with Gasteiger partial charge in [-0.05, 0) is 12.1 Å². The van der Waals surface area contributed by atoms with Gasteiger partial charge in [0.05, 0.1) is 5.69 Å². The lowest BCUT2D eigenvalue weighted by Gasteiger charge is -1.94. The Kier molecular flexibility index (Phi) is 1.18. The van der Waals surface area contributed by atoms with Gasteiger partial charge in [-0.2, -0.15) is 0 Å². The molecule has 0 heterocycles. The first-order chi connectivity index (χ1) is 4.20. The molecule has 0 saturated carbocycles. The van der Waals surface area contributed by atoms with Gasteiger partial charge < -0.3 is 10.8 Å². The smallest absolute Gasteiger partial charge is 0.180 e. The summed E-state index contributed by atoms with van der Waals surface area (Å²) >= 11 is 0. The third-order valence-corrected chi connectivity index (χ3v) is 0.999. The van der Waals surface area contributed by atoms with E-state index in [1.54, 1.807) is 0 Å². The third-order valence-electron chi connectivity index (χ3n) is 0.999. The van der Waals surface area contributed by atoms with E-state index in [2.05, 4.69) is 0 Å². The van der Waals surface area contributed by atoms with Crippen LogP contribution in [0, 0.1) is 0 Å². The maximum atomic E-state index is 10.5. The predicted octanol–water partition coefficient (Wildman–Crippen LogP) is 1.12. The van der Waals surface area contributed by atoms with Crippen LogP contribution >= 0.6 is 0 Å². The van der Waals surface area contributed by atoms with Gasteiger partial charge in [0.2, 0.25) is 0 Å². The molecule has 1 rings (SSSR count). The summed E-state index contributed by atoms with van der Waals surface area (Å²) in [6.45, 7) is 0. The summed E-state index contributed by atoms with van der Waals surface area (Å²) in [5.41, 5.74) is 5.30. The van der Waals surface area contributed by atoms with E-state index in [4.69, 9.17) is 10.8 Å². The van der Waals surface area contributed by atoms with Crippen molar-refractivity contribution in [1.82, 2.24) is 0 Å². The first-order valence-corrected chi connectivity index (χ1v) is 2.45. The molecule has 0 aromatic heterocycles. The molecule has 1 aromatic rings. The third kappa shape index (κ3) is 1.05. The van der Waals surface area contributed by atoms with Gasteiger partial charge >= 0.3 is 0 Å². The maximum absolute atomic E-state index is 10.5. The Morgan fingerprint density at radius 2 is 2.11 bits per heavy atom. The van der Waals surface area contributed by atoms with E-state index in [0.717, 1.165) is 0 Å². The van der Waals surface area contributed by atoms with Gasteiger partial charge in [0.25, 0.3) is 0 Å². The van der Waals surface area contributed by atoms with Crippen molar-refractivity contribution in [3.8, 4) is 11.5 Å². The number of hydrogen-bond donors (Lipinski definition) is 2. The summed E-state index contributed by atoms with van der Waals surface area (Å²) in [5, 5.41) is 19.2. The Balaban J connectivity index is 3.17. The number of nitrogens with two attached hydrogens (primary N) is 1. The number of anilines is 1. The fourth-order valence-electron chi connectivity index (χ4n) is 0.533. The molecular weight excluding hydrogens is 118 g/mol. The van der Waals surface area contributed by atoms with Crippen molar-refractivity contribution in [2.75, 3.05) is 5.73 Å². The van der Waals surface area contributed by atoms with Crippen molar-refractivity contribution >= 4 is 5.69 Å². The minimum atomic E-state index is -0.190. The van der Waals surface area contributed by atoms with E-state index >= 15 is 0 Å². The summed E-state index contributed by atoms with van der Waals surface area (Å²) in [6.07, 6.45) is 0. The minimum Gasteiger partial charge on any atom is -0.506 e. The Hall–Kier alpha value is -1.38. The molecule has 0 bridgehead atoms. The molecule has 0 aliphatic heterocycles. The number of rotatable bonds is 0. The zero-order valence-electron chi connectivity index (χ0n) is 4.66. The van der Waals surface area contributed by atoms with Crippen molar-refractivity contribution in [3.63, 3.8) is 0 Å². The molecule has 0 unspecified atom stereocenters. The number of phenolic OH excluding ortho intramolecular Hbond substituents is 1. The molecular formula is C6H6NO2. The van der Waals surface area contributed by atoms with Crippen LogP contribution in [-0.4, -0.2) is 5.11 Å². The first-order valence-electron chi connectivity index (χ1n) is 2.45. The second-order valence-corrected chi connectivity index (χ2v) is 1.72. The molecule has 0 aliphatic rings. The van der Waals surface area contributed by atoms with Crippen LogP contribution in [0.25, 0.3) is 0 Å². The molecule has 47 valence electrons. The van der Waals surface area contributed by atoms with Crippen molar-refractivity contribution in [2.24, 2.45) is 0 Å². The number of hydrogen-bond acceptors (Lipinski definition) is 2. The molecule has 0 amide bonds. The Bertz CT molecular complexity index is 222. The fraction of sp³-hybridized carbons (Fsp3) is 0. The van der Waals surface area contributed by atoms with Crippen LogP contribution in [-0.2, 0) is 5.11 Å². The van der Waals surface area contributed by atoms with Crippen LogP contribution < -0.4 is 5.73 Å². The molecule has 0 aliphatic carbocycles. The molecule has 1 radical (unpaired) electrons. The SMILES string of the molecule is Nc1cc([O])ccc1O. The number of benzene rings is 1. The highest BCUT2D eigenvalue weighted by Gasteiger charge is 1.96.